The number of rotatable bonds is 4. The Morgan fingerprint density at radius 1 is 1.14 bits per heavy atom. The number of fused-ring (bicyclic) bond motifs is 1. The zero-order valence-electron chi connectivity index (χ0n) is 13.2. The molecule has 0 bridgehead atoms. The lowest BCUT2D eigenvalue weighted by molar-refractivity contribution is 0.942. The third-order valence-electron chi connectivity index (χ3n) is 3.89. The molecule has 1 N–H and O–H groups in total. The van der Waals surface area contributed by atoms with Crippen molar-refractivity contribution in [1.29, 1.82) is 0 Å². The first-order chi connectivity index (χ1) is 10.7. The van der Waals surface area contributed by atoms with Crippen LogP contribution in [0.25, 0.3) is 11.0 Å². The second kappa shape index (κ2) is 6.02. The van der Waals surface area contributed by atoms with E-state index in [0.717, 1.165) is 34.7 Å². The largest absolute Gasteiger partial charge is 0.312 e. The number of aryl methyl sites for hydroxylation is 2. The SMILES string of the molecule is CCc1ccc(/C(C)=N/Nc2nc3ccccc3n2C)cc1. The quantitative estimate of drug-likeness (QED) is 0.584. The first-order valence-corrected chi connectivity index (χ1v) is 7.50. The predicted octanol–water partition coefficient (Wildman–Crippen LogP) is 3.97. The summed E-state index contributed by atoms with van der Waals surface area (Å²) in [6.07, 6.45) is 1.05. The summed E-state index contributed by atoms with van der Waals surface area (Å²) in [6.45, 7) is 4.15. The van der Waals surface area contributed by atoms with Gasteiger partial charge in [-0.25, -0.2) is 10.4 Å². The zero-order valence-corrected chi connectivity index (χ0v) is 13.2. The number of hydrogen-bond acceptors (Lipinski definition) is 3. The molecule has 0 unspecified atom stereocenters. The number of nitrogens with one attached hydrogen (secondary N) is 1. The van der Waals surface area contributed by atoms with Crippen LogP contribution in [0.2, 0.25) is 0 Å². The Kier molecular flexibility index (Phi) is 3.92. The summed E-state index contributed by atoms with van der Waals surface area (Å²) in [5.74, 6) is 0.741. The van der Waals surface area contributed by atoms with Crippen LogP contribution in [0.4, 0.5) is 5.95 Å². The minimum absolute atomic E-state index is 0.741. The van der Waals surface area contributed by atoms with Crippen LogP contribution in [-0.4, -0.2) is 15.3 Å². The highest BCUT2D eigenvalue weighted by atomic mass is 15.4. The fourth-order valence-electron chi connectivity index (χ4n) is 2.43. The molecule has 3 rings (SSSR count). The maximum absolute atomic E-state index is 4.55. The molecule has 0 fully saturated rings. The molecule has 22 heavy (non-hydrogen) atoms. The summed E-state index contributed by atoms with van der Waals surface area (Å²) < 4.78 is 2.01. The van der Waals surface area contributed by atoms with Gasteiger partial charge < -0.3 is 4.57 Å². The monoisotopic (exact) mass is 292 g/mol. The summed E-state index contributed by atoms with van der Waals surface area (Å²) >= 11 is 0. The Hall–Kier alpha value is -2.62. The van der Waals surface area contributed by atoms with E-state index in [4.69, 9.17) is 0 Å². The van der Waals surface area contributed by atoms with Crippen molar-refractivity contribution in [3.8, 4) is 0 Å². The number of aromatic nitrogens is 2. The molecule has 4 nitrogen and oxygen atoms in total. The molecular weight excluding hydrogens is 272 g/mol. The molecule has 0 aliphatic carbocycles. The number of imidazole rings is 1. The predicted molar refractivity (Wildman–Crippen MR) is 92.4 cm³/mol. The molecule has 112 valence electrons. The van der Waals surface area contributed by atoms with Crippen LogP contribution in [0.3, 0.4) is 0 Å². The second-order valence-electron chi connectivity index (χ2n) is 5.34. The van der Waals surface area contributed by atoms with Crippen molar-refractivity contribution in [3.05, 3.63) is 59.7 Å². The van der Waals surface area contributed by atoms with Crippen molar-refractivity contribution in [2.24, 2.45) is 12.1 Å². The van der Waals surface area contributed by atoms with Crippen molar-refractivity contribution < 1.29 is 0 Å². The van der Waals surface area contributed by atoms with Crippen LogP contribution in [-0.2, 0) is 13.5 Å². The Morgan fingerprint density at radius 2 is 1.86 bits per heavy atom. The molecule has 1 aromatic heterocycles. The molecular formula is C18H20N4. The van der Waals surface area contributed by atoms with Gasteiger partial charge in [-0.1, -0.05) is 43.3 Å². The first-order valence-electron chi connectivity index (χ1n) is 7.50. The van der Waals surface area contributed by atoms with E-state index < -0.39 is 0 Å². The Bertz CT molecular complexity index is 813. The molecule has 0 saturated carbocycles. The first kappa shape index (κ1) is 14.3. The van der Waals surface area contributed by atoms with E-state index in [1.807, 2.05) is 42.8 Å². The van der Waals surface area contributed by atoms with Gasteiger partial charge in [-0.05, 0) is 36.6 Å². The average Bonchev–Trinajstić information content (AvgIpc) is 2.89. The summed E-state index contributed by atoms with van der Waals surface area (Å²) in [4.78, 5) is 4.55. The topological polar surface area (TPSA) is 42.2 Å². The molecule has 0 saturated heterocycles. The smallest absolute Gasteiger partial charge is 0.224 e. The van der Waals surface area contributed by atoms with Crippen LogP contribution >= 0.6 is 0 Å². The third-order valence-corrected chi connectivity index (χ3v) is 3.89. The third kappa shape index (κ3) is 2.72. The zero-order chi connectivity index (χ0) is 15.5. The molecule has 0 aliphatic heterocycles. The number of nitrogens with zero attached hydrogens (tertiary/aromatic N) is 3. The lowest BCUT2D eigenvalue weighted by atomic mass is 10.1. The van der Waals surface area contributed by atoms with Gasteiger partial charge in [0.2, 0.25) is 5.95 Å². The number of anilines is 1. The summed E-state index contributed by atoms with van der Waals surface area (Å²) in [5.41, 5.74) is 8.51. The van der Waals surface area contributed by atoms with E-state index in [1.54, 1.807) is 0 Å². The highest BCUT2D eigenvalue weighted by Gasteiger charge is 2.06. The van der Waals surface area contributed by atoms with Crippen molar-refractivity contribution in [1.82, 2.24) is 9.55 Å². The number of para-hydroxylation sites is 2. The summed E-state index contributed by atoms with van der Waals surface area (Å²) in [7, 11) is 1.98. The van der Waals surface area contributed by atoms with Crippen LogP contribution in [0.15, 0.2) is 53.6 Å². The molecule has 1 heterocycles. The van der Waals surface area contributed by atoms with E-state index in [-0.39, 0.29) is 0 Å². The summed E-state index contributed by atoms with van der Waals surface area (Å²) in [5, 5.41) is 4.46. The Morgan fingerprint density at radius 3 is 2.55 bits per heavy atom. The lowest BCUT2D eigenvalue weighted by Crippen LogP contribution is -2.03. The molecule has 0 radical (unpaired) electrons. The summed E-state index contributed by atoms with van der Waals surface area (Å²) in [6, 6.07) is 16.5. The number of hydrazone groups is 1. The minimum atomic E-state index is 0.741. The highest BCUT2D eigenvalue weighted by Crippen LogP contribution is 2.17. The molecule has 0 amide bonds. The number of hydrogen-bond donors (Lipinski definition) is 1. The van der Waals surface area contributed by atoms with E-state index in [1.165, 1.54) is 5.56 Å². The van der Waals surface area contributed by atoms with Crippen LogP contribution in [0, 0.1) is 0 Å². The van der Waals surface area contributed by atoms with Gasteiger partial charge in [-0.2, -0.15) is 5.10 Å². The minimum Gasteiger partial charge on any atom is -0.312 e. The van der Waals surface area contributed by atoms with Crippen molar-refractivity contribution >= 4 is 22.7 Å². The van der Waals surface area contributed by atoms with Gasteiger partial charge in [0.05, 0.1) is 16.7 Å². The van der Waals surface area contributed by atoms with Crippen molar-refractivity contribution in [3.63, 3.8) is 0 Å². The highest BCUT2D eigenvalue weighted by molar-refractivity contribution is 5.99. The number of benzene rings is 2. The van der Waals surface area contributed by atoms with Crippen molar-refractivity contribution in [2.45, 2.75) is 20.3 Å². The maximum Gasteiger partial charge on any atom is 0.224 e. The normalized spacial score (nSPS) is 11.9. The molecule has 0 atom stereocenters. The van der Waals surface area contributed by atoms with Gasteiger partial charge in [0, 0.05) is 7.05 Å². The van der Waals surface area contributed by atoms with Gasteiger partial charge in [-0.3, -0.25) is 0 Å². The van der Waals surface area contributed by atoms with Crippen molar-refractivity contribution in [2.75, 3.05) is 5.43 Å². The van der Waals surface area contributed by atoms with Gasteiger partial charge in [0.15, 0.2) is 0 Å². The maximum atomic E-state index is 4.55. The molecule has 4 heteroatoms. The standard InChI is InChI=1S/C18H20N4/c1-4-14-9-11-15(12-10-14)13(2)20-21-18-19-16-7-5-6-8-17(16)22(18)3/h5-12H,4H2,1-3H3,(H,19,21)/b20-13+. The average molecular weight is 292 g/mol. The molecule has 0 spiro atoms. The fourth-order valence-corrected chi connectivity index (χ4v) is 2.43. The van der Waals surface area contributed by atoms with Crippen LogP contribution in [0.1, 0.15) is 25.0 Å². The van der Waals surface area contributed by atoms with Gasteiger partial charge >= 0.3 is 0 Å². The lowest BCUT2D eigenvalue weighted by Gasteiger charge is -2.04. The van der Waals surface area contributed by atoms with E-state index in [2.05, 4.69) is 46.7 Å². The second-order valence-corrected chi connectivity index (χ2v) is 5.34. The fraction of sp³-hybridized carbons (Fsp3) is 0.222. The van der Waals surface area contributed by atoms with Gasteiger partial charge in [0.1, 0.15) is 0 Å². The van der Waals surface area contributed by atoms with E-state index in [0.29, 0.717) is 0 Å². The Balaban J connectivity index is 1.83. The van der Waals surface area contributed by atoms with E-state index >= 15 is 0 Å². The molecule has 2 aromatic carbocycles. The Labute approximate surface area is 130 Å². The van der Waals surface area contributed by atoms with Crippen LogP contribution < -0.4 is 5.43 Å². The molecule has 3 aromatic rings. The van der Waals surface area contributed by atoms with Gasteiger partial charge in [-0.15, -0.1) is 0 Å². The molecule has 0 aliphatic rings. The van der Waals surface area contributed by atoms with E-state index in [9.17, 15) is 0 Å². The van der Waals surface area contributed by atoms with Gasteiger partial charge in [0.25, 0.3) is 0 Å². The van der Waals surface area contributed by atoms with Crippen LogP contribution in [0.5, 0.6) is 0 Å².